The number of fused-ring (bicyclic) bond motifs is 1. The first-order valence-electron chi connectivity index (χ1n) is 16.8. The zero-order valence-electron chi connectivity index (χ0n) is 29.0. The average molecular weight is 723 g/mol. The summed E-state index contributed by atoms with van der Waals surface area (Å²) in [7, 11) is 0. The molecule has 5 nitrogen and oxygen atoms in total. The summed E-state index contributed by atoms with van der Waals surface area (Å²) in [4.78, 5) is 24.5. The van der Waals surface area contributed by atoms with E-state index in [4.69, 9.17) is 14.2 Å². The number of carbonyl (C=O) groups is 2. The molecule has 0 aliphatic rings. The molecule has 0 spiro atoms. The molecule has 0 fully saturated rings. The van der Waals surface area contributed by atoms with E-state index in [0.717, 1.165) is 66.1 Å². The second-order valence-corrected chi connectivity index (χ2v) is 13.7. The van der Waals surface area contributed by atoms with Crippen LogP contribution in [0.4, 0.5) is 0 Å². The van der Waals surface area contributed by atoms with Crippen molar-refractivity contribution < 1.29 is 23.8 Å². The Morgan fingerprint density at radius 2 is 1.10 bits per heavy atom. The van der Waals surface area contributed by atoms with Crippen molar-refractivity contribution in [3.8, 4) is 29.4 Å². The zero-order chi connectivity index (χ0) is 36.5. The standard InChI is InChI=1S/C45H38O5S2/c1-4-38-29-36(10-8-34-15-22-42(23-16-34)52-28-26-49-45(47)6-3)17-24-43(38)50-32-37-12-19-39-30-35(11-18-40(39)31-37)9-7-33-13-20-41(21-14-33)51-27-25-48-44(46)5-2/h5-6,11-24,29-31H,2-4,25-28,32H2,1H3. The molecule has 0 saturated carbocycles. The summed E-state index contributed by atoms with van der Waals surface area (Å²) in [6.45, 7) is 10.1. The summed E-state index contributed by atoms with van der Waals surface area (Å²) in [6, 6.07) is 34.8. The predicted octanol–water partition coefficient (Wildman–Crippen LogP) is 9.42. The number of hydrogen-bond acceptors (Lipinski definition) is 7. The van der Waals surface area contributed by atoms with E-state index in [-0.39, 0.29) is 0 Å². The lowest BCUT2D eigenvalue weighted by Crippen LogP contribution is -2.03. The maximum Gasteiger partial charge on any atom is 0.330 e. The van der Waals surface area contributed by atoms with Crippen molar-refractivity contribution in [2.24, 2.45) is 0 Å². The third kappa shape index (κ3) is 11.7. The molecule has 5 aromatic rings. The summed E-state index contributed by atoms with van der Waals surface area (Å²) in [5.74, 6) is 14.5. The van der Waals surface area contributed by atoms with E-state index in [1.165, 1.54) is 12.2 Å². The monoisotopic (exact) mass is 722 g/mol. The van der Waals surface area contributed by atoms with Crippen LogP contribution in [0.15, 0.2) is 138 Å². The molecule has 7 heteroatoms. The molecule has 0 heterocycles. The van der Waals surface area contributed by atoms with E-state index in [2.05, 4.69) is 80.2 Å². The maximum atomic E-state index is 11.2. The average Bonchev–Trinajstić information content (AvgIpc) is 3.19. The smallest absolute Gasteiger partial charge is 0.330 e. The van der Waals surface area contributed by atoms with Crippen molar-refractivity contribution in [3.63, 3.8) is 0 Å². The Hall–Kier alpha value is -5.60. The highest BCUT2D eigenvalue weighted by Crippen LogP contribution is 2.24. The second kappa shape index (κ2) is 19.7. The number of carbonyl (C=O) groups excluding carboxylic acids is 2. The van der Waals surface area contributed by atoms with E-state index in [1.54, 1.807) is 23.5 Å². The zero-order valence-corrected chi connectivity index (χ0v) is 30.6. The van der Waals surface area contributed by atoms with Gasteiger partial charge in [0.15, 0.2) is 0 Å². The molecule has 0 aliphatic heterocycles. The Bertz CT molecular complexity index is 2160. The summed E-state index contributed by atoms with van der Waals surface area (Å²) >= 11 is 3.25. The van der Waals surface area contributed by atoms with Crippen molar-refractivity contribution in [1.29, 1.82) is 0 Å². The highest BCUT2D eigenvalue weighted by molar-refractivity contribution is 7.99. The molecule has 0 aliphatic carbocycles. The summed E-state index contributed by atoms with van der Waals surface area (Å²) in [6.07, 6.45) is 3.17. The lowest BCUT2D eigenvalue weighted by molar-refractivity contribution is -0.138. The van der Waals surface area contributed by atoms with Gasteiger partial charge >= 0.3 is 11.9 Å². The third-order valence-electron chi connectivity index (χ3n) is 7.68. The first kappa shape index (κ1) is 37.7. The molecule has 0 bridgehead atoms. The summed E-state index contributed by atoms with van der Waals surface area (Å²) < 4.78 is 16.3. The van der Waals surface area contributed by atoms with E-state index in [9.17, 15) is 9.59 Å². The van der Waals surface area contributed by atoms with Crippen molar-refractivity contribution in [1.82, 2.24) is 0 Å². The minimum atomic E-state index is -0.403. The van der Waals surface area contributed by atoms with Crippen LogP contribution in [0.5, 0.6) is 5.75 Å². The molecule has 5 aromatic carbocycles. The van der Waals surface area contributed by atoms with Crippen LogP contribution >= 0.6 is 23.5 Å². The van der Waals surface area contributed by atoms with Gasteiger partial charge < -0.3 is 14.2 Å². The van der Waals surface area contributed by atoms with Gasteiger partial charge in [0.1, 0.15) is 25.6 Å². The van der Waals surface area contributed by atoms with Crippen LogP contribution in [0.25, 0.3) is 10.8 Å². The fraction of sp³-hybridized carbons (Fsp3) is 0.156. The highest BCUT2D eigenvalue weighted by Gasteiger charge is 2.06. The van der Waals surface area contributed by atoms with Crippen molar-refractivity contribution in [2.45, 2.75) is 29.7 Å². The van der Waals surface area contributed by atoms with Gasteiger partial charge in [-0.1, -0.05) is 62.0 Å². The van der Waals surface area contributed by atoms with Gasteiger partial charge in [-0.05, 0) is 113 Å². The third-order valence-corrected chi connectivity index (χ3v) is 9.63. The van der Waals surface area contributed by atoms with Gasteiger partial charge in [0, 0.05) is 55.7 Å². The molecule has 0 saturated heterocycles. The van der Waals surface area contributed by atoms with Gasteiger partial charge in [0.2, 0.25) is 0 Å². The van der Waals surface area contributed by atoms with Crippen LogP contribution in [0.1, 0.15) is 40.3 Å². The molecule has 0 radical (unpaired) electrons. The van der Waals surface area contributed by atoms with Gasteiger partial charge in [0.25, 0.3) is 0 Å². The van der Waals surface area contributed by atoms with Crippen LogP contribution in [0, 0.1) is 23.7 Å². The first-order chi connectivity index (χ1) is 25.4. The maximum absolute atomic E-state index is 11.2. The Kier molecular flexibility index (Phi) is 14.3. The number of aryl methyl sites for hydroxylation is 1. The number of hydrogen-bond donors (Lipinski definition) is 0. The Morgan fingerprint density at radius 3 is 1.65 bits per heavy atom. The van der Waals surface area contributed by atoms with Crippen LogP contribution < -0.4 is 4.74 Å². The second-order valence-electron chi connectivity index (χ2n) is 11.3. The number of esters is 2. The quantitative estimate of drug-likeness (QED) is 0.0372. The van der Waals surface area contributed by atoms with Gasteiger partial charge in [-0.25, -0.2) is 9.59 Å². The number of ether oxygens (including phenoxy) is 3. The van der Waals surface area contributed by atoms with Gasteiger partial charge in [-0.2, -0.15) is 0 Å². The number of benzene rings is 5. The molecule has 0 aromatic heterocycles. The minimum Gasteiger partial charge on any atom is -0.489 e. The SMILES string of the molecule is C=CC(=O)OCCSc1ccc(C#Cc2ccc(OCc3ccc4cc(C#Cc5ccc(SCCOC(=O)C=C)cc5)ccc4c3)c(CC)c2)cc1. The topological polar surface area (TPSA) is 61.8 Å². The summed E-state index contributed by atoms with van der Waals surface area (Å²) in [5.41, 5.74) is 5.96. The lowest BCUT2D eigenvalue weighted by Gasteiger charge is -2.12. The molecule has 5 rings (SSSR count). The first-order valence-corrected chi connectivity index (χ1v) is 18.8. The predicted molar refractivity (Wildman–Crippen MR) is 213 cm³/mol. The van der Waals surface area contributed by atoms with Crippen LogP contribution in [-0.4, -0.2) is 36.7 Å². The summed E-state index contributed by atoms with van der Waals surface area (Å²) in [5, 5.41) is 2.25. The van der Waals surface area contributed by atoms with Gasteiger partial charge in [-0.3, -0.25) is 0 Å². The number of rotatable bonds is 14. The van der Waals surface area contributed by atoms with Crippen LogP contribution in [-0.2, 0) is 32.1 Å². The Balaban J connectivity index is 1.13. The van der Waals surface area contributed by atoms with E-state index in [0.29, 0.717) is 31.3 Å². The molecule has 0 N–H and O–H groups in total. The highest BCUT2D eigenvalue weighted by atomic mass is 32.2. The van der Waals surface area contributed by atoms with E-state index < -0.39 is 11.9 Å². The van der Waals surface area contributed by atoms with E-state index in [1.807, 2.05) is 66.7 Å². The van der Waals surface area contributed by atoms with Crippen molar-refractivity contribution in [2.75, 3.05) is 24.7 Å². The Labute approximate surface area is 314 Å². The molecule has 0 amide bonds. The molecule has 0 unspecified atom stereocenters. The van der Waals surface area contributed by atoms with Crippen LogP contribution in [0.2, 0.25) is 0 Å². The van der Waals surface area contributed by atoms with Crippen molar-refractivity contribution in [3.05, 3.63) is 162 Å². The fourth-order valence-corrected chi connectivity index (χ4v) is 6.44. The van der Waals surface area contributed by atoms with Crippen LogP contribution in [0.3, 0.4) is 0 Å². The molecule has 52 heavy (non-hydrogen) atoms. The van der Waals surface area contributed by atoms with Gasteiger partial charge in [-0.15, -0.1) is 23.5 Å². The Morgan fingerprint density at radius 1 is 0.615 bits per heavy atom. The lowest BCUT2D eigenvalue weighted by atomic mass is 10.0. The molecule has 260 valence electrons. The number of thioether (sulfide) groups is 2. The largest absolute Gasteiger partial charge is 0.489 e. The van der Waals surface area contributed by atoms with Crippen molar-refractivity contribution >= 4 is 46.2 Å². The molecule has 0 atom stereocenters. The van der Waals surface area contributed by atoms with Gasteiger partial charge in [0.05, 0.1) is 0 Å². The molecular formula is C45H38O5S2. The molecular weight excluding hydrogens is 685 g/mol. The minimum absolute atomic E-state index is 0.344. The normalized spacial score (nSPS) is 10.2. The van der Waals surface area contributed by atoms with E-state index >= 15 is 0 Å². The fourth-order valence-electron chi connectivity index (χ4n) is 4.98.